The molecule has 1 saturated carbocycles. The van der Waals surface area contributed by atoms with Crippen molar-refractivity contribution in [3.8, 4) is 0 Å². The molecule has 0 aromatic carbocycles. The Balaban J connectivity index is 2.82. The first kappa shape index (κ1) is 15.9. The maximum Gasteiger partial charge on any atom is 0.0615 e. The third-order valence-electron chi connectivity index (χ3n) is 4.35. The van der Waals surface area contributed by atoms with Gasteiger partial charge in [0, 0.05) is 38.9 Å². The maximum atomic E-state index is 6.14. The summed E-state index contributed by atoms with van der Waals surface area (Å²) in [5, 5.41) is 0. The molecule has 108 valence electrons. The van der Waals surface area contributed by atoms with Crippen molar-refractivity contribution in [1.29, 1.82) is 0 Å². The van der Waals surface area contributed by atoms with Crippen LogP contribution in [0, 0.1) is 5.92 Å². The molecule has 0 amide bonds. The van der Waals surface area contributed by atoms with E-state index in [2.05, 4.69) is 18.7 Å². The number of nitrogens with two attached hydrogens (primary N) is 1. The summed E-state index contributed by atoms with van der Waals surface area (Å²) in [4.78, 5) is 2.53. The summed E-state index contributed by atoms with van der Waals surface area (Å²) in [6.07, 6.45) is 3.73. The molecule has 1 aliphatic rings. The first-order chi connectivity index (χ1) is 8.66. The van der Waals surface area contributed by atoms with E-state index in [-0.39, 0.29) is 5.54 Å². The van der Waals surface area contributed by atoms with Gasteiger partial charge in [-0.2, -0.15) is 0 Å². The molecule has 4 nitrogen and oxygen atoms in total. The first-order valence-electron chi connectivity index (χ1n) is 7.11. The molecule has 0 saturated heterocycles. The molecule has 1 rings (SSSR count). The Morgan fingerprint density at radius 1 is 1.33 bits per heavy atom. The quantitative estimate of drug-likeness (QED) is 0.645. The highest BCUT2D eigenvalue weighted by Gasteiger charge is 2.48. The summed E-state index contributed by atoms with van der Waals surface area (Å²) in [5.74, 6) is 0.753. The molecule has 0 aliphatic heterocycles. The van der Waals surface area contributed by atoms with Crippen molar-refractivity contribution in [2.75, 3.05) is 40.5 Å². The lowest BCUT2D eigenvalue weighted by molar-refractivity contribution is -0.0143. The Morgan fingerprint density at radius 3 is 2.39 bits per heavy atom. The molecule has 2 unspecified atom stereocenters. The number of rotatable bonds is 10. The third kappa shape index (κ3) is 3.44. The van der Waals surface area contributed by atoms with Gasteiger partial charge >= 0.3 is 0 Å². The molecule has 2 atom stereocenters. The highest BCUT2D eigenvalue weighted by molar-refractivity contribution is 5.03. The van der Waals surface area contributed by atoms with Crippen LogP contribution in [0.2, 0.25) is 0 Å². The Kier molecular flexibility index (Phi) is 6.57. The fraction of sp³-hybridized carbons (Fsp3) is 1.00. The number of hydrogen-bond donors (Lipinski definition) is 1. The molecule has 18 heavy (non-hydrogen) atoms. The Labute approximate surface area is 112 Å². The highest BCUT2D eigenvalue weighted by atomic mass is 16.5. The van der Waals surface area contributed by atoms with Crippen LogP contribution >= 0.6 is 0 Å². The smallest absolute Gasteiger partial charge is 0.0615 e. The minimum atomic E-state index is 0.135. The number of methoxy groups -OCH3 is 2. The van der Waals surface area contributed by atoms with Gasteiger partial charge in [0.1, 0.15) is 0 Å². The van der Waals surface area contributed by atoms with Crippen LogP contribution < -0.4 is 5.73 Å². The minimum Gasteiger partial charge on any atom is -0.383 e. The van der Waals surface area contributed by atoms with Crippen LogP contribution in [0.3, 0.4) is 0 Å². The monoisotopic (exact) mass is 258 g/mol. The lowest BCUT2D eigenvalue weighted by Crippen LogP contribution is -2.60. The van der Waals surface area contributed by atoms with Crippen LogP contribution in [-0.4, -0.2) is 57.0 Å². The summed E-state index contributed by atoms with van der Waals surface area (Å²) in [6, 6.07) is 0.384. The predicted octanol–water partition coefficient (Wildman–Crippen LogP) is 1.49. The zero-order chi connectivity index (χ0) is 13.6. The fourth-order valence-electron chi connectivity index (χ4n) is 3.18. The van der Waals surface area contributed by atoms with E-state index >= 15 is 0 Å². The van der Waals surface area contributed by atoms with Crippen LogP contribution in [0.4, 0.5) is 0 Å². The predicted molar refractivity (Wildman–Crippen MR) is 74.7 cm³/mol. The van der Waals surface area contributed by atoms with Crippen LogP contribution in [0.25, 0.3) is 0 Å². The van der Waals surface area contributed by atoms with Crippen molar-refractivity contribution in [2.45, 2.75) is 44.7 Å². The van der Waals surface area contributed by atoms with Gasteiger partial charge in [0.15, 0.2) is 0 Å². The standard InChI is InChI=1S/C14H30N2O2/c1-5-14(11-15,13-6-7-13)16(8-9-17-3)12(2)10-18-4/h12-13H,5-11,15H2,1-4H3. The molecular weight excluding hydrogens is 228 g/mol. The van der Waals surface area contributed by atoms with E-state index in [4.69, 9.17) is 15.2 Å². The largest absolute Gasteiger partial charge is 0.383 e. The Morgan fingerprint density at radius 2 is 2.00 bits per heavy atom. The maximum absolute atomic E-state index is 6.14. The average Bonchev–Trinajstić information content (AvgIpc) is 3.20. The lowest BCUT2D eigenvalue weighted by atomic mass is 9.86. The van der Waals surface area contributed by atoms with Crippen LogP contribution in [0.1, 0.15) is 33.1 Å². The molecule has 0 heterocycles. The van der Waals surface area contributed by atoms with Crippen LogP contribution in [-0.2, 0) is 9.47 Å². The highest BCUT2D eigenvalue weighted by Crippen LogP contribution is 2.45. The number of ether oxygens (including phenoxy) is 2. The summed E-state index contributed by atoms with van der Waals surface area (Å²) >= 11 is 0. The summed E-state index contributed by atoms with van der Waals surface area (Å²) in [7, 11) is 3.52. The Bertz CT molecular complexity index is 228. The SMILES string of the molecule is CCC(CN)(C1CC1)N(CCOC)C(C)COC. The molecule has 0 bridgehead atoms. The van der Waals surface area contributed by atoms with Gasteiger partial charge < -0.3 is 15.2 Å². The van der Waals surface area contributed by atoms with Gasteiger partial charge in [-0.15, -0.1) is 0 Å². The van der Waals surface area contributed by atoms with Gasteiger partial charge in [0.25, 0.3) is 0 Å². The van der Waals surface area contributed by atoms with Gasteiger partial charge in [0.2, 0.25) is 0 Å². The molecule has 0 radical (unpaired) electrons. The van der Waals surface area contributed by atoms with Gasteiger partial charge in [-0.3, -0.25) is 4.90 Å². The molecular formula is C14H30N2O2. The van der Waals surface area contributed by atoms with Gasteiger partial charge in [0.05, 0.1) is 13.2 Å². The van der Waals surface area contributed by atoms with Crippen molar-refractivity contribution in [3.63, 3.8) is 0 Å². The normalized spacial score (nSPS) is 21.0. The molecule has 0 aromatic rings. The van der Waals surface area contributed by atoms with E-state index in [0.29, 0.717) is 6.04 Å². The van der Waals surface area contributed by atoms with Gasteiger partial charge in [-0.1, -0.05) is 6.92 Å². The number of nitrogens with zero attached hydrogens (tertiary/aromatic N) is 1. The van der Waals surface area contributed by atoms with Crippen molar-refractivity contribution in [2.24, 2.45) is 11.7 Å². The van der Waals surface area contributed by atoms with E-state index in [0.717, 1.165) is 38.6 Å². The van der Waals surface area contributed by atoms with Crippen LogP contribution in [0.5, 0.6) is 0 Å². The molecule has 2 N–H and O–H groups in total. The topological polar surface area (TPSA) is 47.7 Å². The van der Waals surface area contributed by atoms with Crippen LogP contribution in [0.15, 0.2) is 0 Å². The van der Waals surface area contributed by atoms with Gasteiger partial charge in [-0.05, 0) is 32.1 Å². The molecule has 1 fully saturated rings. The summed E-state index contributed by atoms with van der Waals surface area (Å²) in [5.41, 5.74) is 6.28. The fourth-order valence-corrected chi connectivity index (χ4v) is 3.18. The summed E-state index contributed by atoms with van der Waals surface area (Å²) in [6.45, 7) is 7.64. The zero-order valence-corrected chi connectivity index (χ0v) is 12.4. The van der Waals surface area contributed by atoms with E-state index in [9.17, 15) is 0 Å². The van der Waals surface area contributed by atoms with E-state index < -0.39 is 0 Å². The molecule has 4 heteroatoms. The molecule has 1 aliphatic carbocycles. The summed E-state index contributed by atoms with van der Waals surface area (Å²) < 4.78 is 10.6. The second-order valence-corrected chi connectivity index (χ2v) is 5.43. The minimum absolute atomic E-state index is 0.135. The average molecular weight is 258 g/mol. The second kappa shape index (κ2) is 7.43. The van der Waals surface area contributed by atoms with E-state index in [1.807, 2.05) is 0 Å². The molecule has 0 aromatic heterocycles. The third-order valence-corrected chi connectivity index (χ3v) is 4.35. The zero-order valence-electron chi connectivity index (χ0n) is 12.4. The van der Waals surface area contributed by atoms with Crippen molar-refractivity contribution >= 4 is 0 Å². The van der Waals surface area contributed by atoms with Crippen molar-refractivity contribution < 1.29 is 9.47 Å². The lowest BCUT2D eigenvalue weighted by Gasteiger charge is -2.46. The Hall–Kier alpha value is -0.160. The number of hydrogen-bond acceptors (Lipinski definition) is 4. The van der Waals surface area contributed by atoms with E-state index in [1.54, 1.807) is 14.2 Å². The van der Waals surface area contributed by atoms with E-state index in [1.165, 1.54) is 12.8 Å². The molecule has 0 spiro atoms. The van der Waals surface area contributed by atoms with Crippen molar-refractivity contribution in [1.82, 2.24) is 4.90 Å². The first-order valence-corrected chi connectivity index (χ1v) is 7.11. The van der Waals surface area contributed by atoms with Crippen molar-refractivity contribution in [3.05, 3.63) is 0 Å². The van der Waals surface area contributed by atoms with Gasteiger partial charge in [-0.25, -0.2) is 0 Å². The second-order valence-electron chi connectivity index (χ2n) is 5.43.